The minimum Gasteiger partial charge on any atom is -0.384 e. The van der Waals surface area contributed by atoms with Crippen LogP contribution in [-0.4, -0.2) is 40.2 Å². The summed E-state index contributed by atoms with van der Waals surface area (Å²) in [6, 6.07) is 5.04. The van der Waals surface area contributed by atoms with Gasteiger partial charge in [0.05, 0.1) is 11.8 Å². The number of hydrogen-bond donors (Lipinski definition) is 3. The van der Waals surface area contributed by atoms with E-state index < -0.39 is 10.0 Å². The second-order valence-corrected chi connectivity index (χ2v) is 6.81. The van der Waals surface area contributed by atoms with Gasteiger partial charge in [-0.2, -0.15) is 0 Å². The maximum Gasteiger partial charge on any atom is 0.253 e. The lowest BCUT2D eigenvalue weighted by Crippen LogP contribution is -2.34. The lowest BCUT2D eigenvalue weighted by Gasteiger charge is -2.12. The van der Waals surface area contributed by atoms with Crippen molar-refractivity contribution in [1.82, 2.24) is 10.0 Å². The lowest BCUT2D eigenvalue weighted by atomic mass is 10.1. The molecule has 0 saturated carbocycles. The van der Waals surface area contributed by atoms with Gasteiger partial charge in [0.15, 0.2) is 0 Å². The number of nitrogens with one attached hydrogen (secondary N) is 3. The fraction of sp³-hybridized carbons (Fsp3) is 0.462. The summed E-state index contributed by atoms with van der Waals surface area (Å²) < 4.78 is 24.1. The summed E-state index contributed by atoms with van der Waals surface area (Å²) in [4.78, 5) is 12.1. The molecule has 0 aliphatic rings. The van der Waals surface area contributed by atoms with E-state index in [2.05, 4.69) is 15.4 Å². The highest BCUT2D eigenvalue weighted by Crippen LogP contribution is 2.20. The van der Waals surface area contributed by atoms with E-state index in [1.807, 2.05) is 6.92 Å². The number of halogens is 1. The Labute approximate surface area is 130 Å². The van der Waals surface area contributed by atoms with Gasteiger partial charge in [0.25, 0.3) is 5.91 Å². The average molecular weight is 334 g/mol. The van der Waals surface area contributed by atoms with Gasteiger partial charge in [-0.15, -0.1) is 0 Å². The number of carbonyl (C=O) groups is 1. The van der Waals surface area contributed by atoms with Crippen molar-refractivity contribution in [3.05, 3.63) is 28.8 Å². The van der Waals surface area contributed by atoms with Crippen LogP contribution in [0.3, 0.4) is 0 Å². The van der Waals surface area contributed by atoms with E-state index in [0.29, 0.717) is 16.3 Å². The van der Waals surface area contributed by atoms with Gasteiger partial charge in [0.2, 0.25) is 10.0 Å². The smallest absolute Gasteiger partial charge is 0.253 e. The maximum absolute atomic E-state index is 12.1. The quantitative estimate of drug-likeness (QED) is 0.628. The van der Waals surface area contributed by atoms with Gasteiger partial charge in [-0.1, -0.05) is 18.5 Å². The molecular weight excluding hydrogens is 314 g/mol. The Bertz CT molecular complexity index is 590. The van der Waals surface area contributed by atoms with Crippen LogP contribution in [0.25, 0.3) is 0 Å². The van der Waals surface area contributed by atoms with Gasteiger partial charge in [-0.05, 0) is 24.6 Å². The standard InChI is InChI=1S/C13H20ClN3O3S/c1-3-6-15-12-5-4-10(14)9-11(12)13(18)16-7-8-17-21(2,19)20/h4-5,9,15,17H,3,6-8H2,1-2H3,(H,16,18). The molecule has 1 aromatic carbocycles. The van der Waals surface area contributed by atoms with E-state index in [1.54, 1.807) is 18.2 Å². The third-order valence-corrected chi connectivity index (χ3v) is 3.53. The van der Waals surface area contributed by atoms with Crippen LogP contribution in [-0.2, 0) is 10.0 Å². The Morgan fingerprint density at radius 2 is 1.95 bits per heavy atom. The summed E-state index contributed by atoms with van der Waals surface area (Å²) in [6.45, 7) is 3.12. The first-order valence-corrected chi connectivity index (χ1v) is 8.86. The molecular formula is C13H20ClN3O3S. The molecule has 0 fully saturated rings. The predicted molar refractivity (Wildman–Crippen MR) is 85.4 cm³/mol. The van der Waals surface area contributed by atoms with Crippen molar-refractivity contribution in [1.29, 1.82) is 0 Å². The largest absolute Gasteiger partial charge is 0.384 e. The van der Waals surface area contributed by atoms with Gasteiger partial charge in [-0.25, -0.2) is 13.1 Å². The molecule has 1 rings (SSSR count). The van der Waals surface area contributed by atoms with Crippen molar-refractivity contribution in [2.24, 2.45) is 0 Å². The van der Waals surface area contributed by atoms with Crippen molar-refractivity contribution < 1.29 is 13.2 Å². The van der Waals surface area contributed by atoms with E-state index in [-0.39, 0.29) is 19.0 Å². The number of rotatable bonds is 8. The number of sulfonamides is 1. The Morgan fingerprint density at radius 3 is 2.57 bits per heavy atom. The summed E-state index contributed by atoms with van der Waals surface area (Å²) in [7, 11) is -3.25. The molecule has 0 aromatic heterocycles. The molecule has 0 aliphatic heterocycles. The number of anilines is 1. The van der Waals surface area contributed by atoms with Gasteiger partial charge in [0, 0.05) is 30.3 Å². The fourth-order valence-corrected chi connectivity index (χ4v) is 2.27. The highest BCUT2D eigenvalue weighted by Gasteiger charge is 2.11. The molecule has 1 aromatic rings. The van der Waals surface area contributed by atoms with Crippen molar-refractivity contribution in [2.75, 3.05) is 31.2 Å². The Kier molecular flexibility index (Phi) is 6.94. The van der Waals surface area contributed by atoms with E-state index in [9.17, 15) is 13.2 Å². The summed E-state index contributed by atoms with van der Waals surface area (Å²) in [5.41, 5.74) is 1.14. The maximum atomic E-state index is 12.1. The number of benzene rings is 1. The van der Waals surface area contributed by atoms with Crippen LogP contribution in [0.2, 0.25) is 5.02 Å². The van der Waals surface area contributed by atoms with Gasteiger partial charge in [0.1, 0.15) is 0 Å². The molecule has 0 spiro atoms. The van der Waals surface area contributed by atoms with Crippen molar-refractivity contribution in [2.45, 2.75) is 13.3 Å². The summed E-state index contributed by atoms with van der Waals surface area (Å²) in [5, 5.41) is 6.27. The number of carbonyl (C=O) groups excluding carboxylic acids is 1. The minimum absolute atomic E-state index is 0.142. The molecule has 0 bridgehead atoms. The third-order valence-electron chi connectivity index (χ3n) is 2.57. The SMILES string of the molecule is CCCNc1ccc(Cl)cc1C(=O)NCCNS(C)(=O)=O. The van der Waals surface area contributed by atoms with Crippen LogP contribution < -0.4 is 15.4 Å². The van der Waals surface area contributed by atoms with Crippen LogP contribution in [0.15, 0.2) is 18.2 Å². The highest BCUT2D eigenvalue weighted by atomic mass is 35.5. The van der Waals surface area contributed by atoms with E-state index in [0.717, 1.165) is 19.2 Å². The fourth-order valence-electron chi connectivity index (χ4n) is 1.63. The molecule has 21 heavy (non-hydrogen) atoms. The number of hydrogen-bond acceptors (Lipinski definition) is 4. The molecule has 6 nitrogen and oxygen atoms in total. The van der Waals surface area contributed by atoms with Crippen LogP contribution in [0.4, 0.5) is 5.69 Å². The topological polar surface area (TPSA) is 87.3 Å². The Morgan fingerprint density at radius 1 is 1.24 bits per heavy atom. The van der Waals surface area contributed by atoms with Crippen LogP contribution >= 0.6 is 11.6 Å². The molecule has 0 atom stereocenters. The third kappa shape index (κ3) is 6.79. The second kappa shape index (κ2) is 8.21. The highest BCUT2D eigenvalue weighted by molar-refractivity contribution is 7.88. The molecule has 3 N–H and O–H groups in total. The van der Waals surface area contributed by atoms with Gasteiger partial charge >= 0.3 is 0 Å². The molecule has 8 heteroatoms. The molecule has 0 heterocycles. The summed E-state index contributed by atoms with van der Waals surface area (Å²) in [5.74, 6) is -0.300. The average Bonchev–Trinajstić information content (AvgIpc) is 2.41. The van der Waals surface area contributed by atoms with E-state index >= 15 is 0 Å². The first-order valence-electron chi connectivity index (χ1n) is 6.59. The zero-order chi connectivity index (χ0) is 15.9. The monoisotopic (exact) mass is 333 g/mol. The minimum atomic E-state index is -3.25. The Balaban J connectivity index is 2.65. The normalized spacial score (nSPS) is 11.2. The predicted octanol–water partition coefficient (Wildman–Crippen LogP) is 1.44. The molecule has 0 radical (unpaired) electrons. The lowest BCUT2D eigenvalue weighted by molar-refractivity contribution is 0.0955. The molecule has 118 valence electrons. The summed E-state index contributed by atoms with van der Waals surface area (Å²) >= 11 is 5.92. The first kappa shape index (κ1) is 17.7. The molecule has 1 amide bonds. The van der Waals surface area contributed by atoms with E-state index in [1.165, 1.54) is 0 Å². The number of amides is 1. The Hall–Kier alpha value is -1.31. The van der Waals surface area contributed by atoms with Crippen LogP contribution in [0.5, 0.6) is 0 Å². The summed E-state index contributed by atoms with van der Waals surface area (Å²) in [6.07, 6.45) is 2.00. The second-order valence-electron chi connectivity index (χ2n) is 4.54. The first-order chi connectivity index (χ1) is 9.83. The zero-order valence-electron chi connectivity index (χ0n) is 12.1. The van der Waals surface area contributed by atoms with Crippen LogP contribution in [0, 0.1) is 0 Å². The van der Waals surface area contributed by atoms with E-state index in [4.69, 9.17) is 11.6 Å². The van der Waals surface area contributed by atoms with Crippen molar-refractivity contribution in [3.63, 3.8) is 0 Å². The van der Waals surface area contributed by atoms with Crippen molar-refractivity contribution >= 4 is 33.2 Å². The zero-order valence-corrected chi connectivity index (χ0v) is 13.6. The van der Waals surface area contributed by atoms with Crippen molar-refractivity contribution in [3.8, 4) is 0 Å². The molecule has 0 aliphatic carbocycles. The van der Waals surface area contributed by atoms with Crippen LogP contribution in [0.1, 0.15) is 23.7 Å². The molecule has 0 unspecified atom stereocenters. The van der Waals surface area contributed by atoms with Gasteiger partial charge < -0.3 is 10.6 Å². The van der Waals surface area contributed by atoms with Gasteiger partial charge in [-0.3, -0.25) is 4.79 Å². The molecule has 0 saturated heterocycles.